The quantitative estimate of drug-likeness (QED) is 0.301. The van der Waals surface area contributed by atoms with E-state index in [1.165, 1.54) is 11.9 Å². The molecule has 0 bridgehead atoms. The van der Waals surface area contributed by atoms with Crippen LogP contribution in [0, 0.1) is 5.82 Å². The maximum Gasteiger partial charge on any atom is 0.239 e. The third-order valence-electron chi connectivity index (χ3n) is 4.47. The lowest BCUT2D eigenvalue weighted by Gasteiger charge is -2.17. The van der Waals surface area contributed by atoms with Crippen molar-refractivity contribution >= 4 is 17.9 Å². The number of pyridine rings is 1. The molecule has 0 fully saturated rings. The van der Waals surface area contributed by atoms with Gasteiger partial charge in [0, 0.05) is 30.1 Å². The monoisotopic (exact) mass is 453 g/mol. The van der Waals surface area contributed by atoms with E-state index >= 15 is 0 Å². The van der Waals surface area contributed by atoms with Crippen LogP contribution in [0.1, 0.15) is 5.82 Å². The van der Waals surface area contributed by atoms with Crippen LogP contribution >= 0.6 is 11.9 Å². The Hall–Kier alpha value is -3.73. The van der Waals surface area contributed by atoms with Gasteiger partial charge >= 0.3 is 0 Å². The van der Waals surface area contributed by atoms with Crippen molar-refractivity contribution in [3.63, 3.8) is 0 Å². The number of aromatic nitrogens is 6. The summed E-state index contributed by atoms with van der Waals surface area (Å²) in [5, 5.41) is 8.72. The topological polar surface area (TPSA) is 99.9 Å². The third kappa shape index (κ3) is 4.62. The summed E-state index contributed by atoms with van der Waals surface area (Å²) in [6, 6.07) is 9.26. The van der Waals surface area contributed by atoms with Crippen LogP contribution in [-0.4, -0.2) is 49.7 Å². The number of rotatable bonds is 9. The van der Waals surface area contributed by atoms with Gasteiger partial charge in [-0.1, -0.05) is 6.07 Å². The molecule has 1 aromatic carbocycles. The summed E-state index contributed by atoms with van der Waals surface area (Å²) in [5.74, 6) is 2.99. The average Bonchev–Trinajstić information content (AvgIpc) is 3.26. The smallest absolute Gasteiger partial charge is 0.239 e. The van der Waals surface area contributed by atoms with E-state index in [-0.39, 0.29) is 0 Å². The van der Waals surface area contributed by atoms with Crippen LogP contribution in [0.15, 0.2) is 55.1 Å². The normalized spacial score (nSPS) is 10.7. The highest BCUT2D eigenvalue weighted by molar-refractivity contribution is 8.00. The number of hydrogen-bond donors (Lipinski definition) is 1. The summed E-state index contributed by atoms with van der Waals surface area (Å²) in [7, 11) is 3.19. The molecule has 0 spiro atoms. The highest BCUT2D eigenvalue weighted by Crippen LogP contribution is 2.37. The van der Waals surface area contributed by atoms with Crippen molar-refractivity contribution in [1.29, 1.82) is 0 Å². The molecule has 0 unspecified atom stereocenters. The van der Waals surface area contributed by atoms with Crippen molar-refractivity contribution in [3.05, 3.63) is 66.8 Å². The standard InChI is InChI=1S/C21H20FN7O2S/c1-30-16-6-3-7-17(31-2)19(16)29-20(14-5-4-9-23-11-14)26-27-21(29)28-32-10-8-18-24-12-15(22)13-25-18/h3-7,9,11-13H,8,10H2,1-2H3,(H,27,28). The second-order valence-electron chi connectivity index (χ2n) is 6.45. The average molecular weight is 454 g/mol. The van der Waals surface area contributed by atoms with Crippen LogP contribution < -0.4 is 14.2 Å². The first kappa shape index (κ1) is 21.5. The summed E-state index contributed by atoms with van der Waals surface area (Å²) in [6.07, 6.45) is 6.28. The zero-order valence-electron chi connectivity index (χ0n) is 17.4. The molecule has 11 heteroatoms. The molecule has 0 aliphatic carbocycles. The molecule has 0 saturated carbocycles. The van der Waals surface area contributed by atoms with E-state index < -0.39 is 5.82 Å². The third-order valence-corrected chi connectivity index (χ3v) is 5.21. The minimum atomic E-state index is -0.457. The van der Waals surface area contributed by atoms with E-state index in [1.807, 2.05) is 34.9 Å². The number of hydrogen-bond acceptors (Lipinski definition) is 9. The van der Waals surface area contributed by atoms with Crippen molar-refractivity contribution in [2.75, 3.05) is 24.7 Å². The lowest BCUT2D eigenvalue weighted by Crippen LogP contribution is -2.07. The van der Waals surface area contributed by atoms with E-state index in [0.717, 1.165) is 18.0 Å². The molecule has 4 aromatic rings. The predicted molar refractivity (Wildman–Crippen MR) is 119 cm³/mol. The minimum absolute atomic E-state index is 0.457. The Morgan fingerprint density at radius 2 is 1.75 bits per heavy atom. The molecule has 3 heterocycles. The molecule has 4 rings (SSSR count). The van der Waals surface area contributed by atoms with E-state index in [4.69, 9.17) is 9.47 Å². The summed E-state index contributed by atoms with van der Waals surface area (Å²) in [6.45, 7) is 0. The van der Waals surface area contributed by atoms with Crippen LogP contribution in [0.5, 0.6) is 11.5 Å². The van der Waals surface area contributed by atoms with E-state index in [1.54, 1.807) is 26.6 Å². The summed E-state index contributed by atoms with van der Waals surface area (Å²) < 4.78 is 29.2. The molecule has 0 atom stereocenters. The van der Waals surface area contributed by atoms with Gasteiger partial charge in [0.05, 0.1) is 26.6 Å². The molecule has 0 amide bonds. The van der Waals surface area contributed by atoms with Crippen molar-refractivity contribution in [1.82, 2.24) is 29.7 Å². The number of methoxy groups -OCH3 is 2. The van der Waals surface area contributed by atoms with E-state index in [9.17, 15) is 4.39 Å². The van der Waals surface area contributed by atoms with E-state index in [0.29, 0.717) is 47.0 Å². The fourth-order valence-corrected chi connectivity index (χ4v) is 3.67. The fourth-order valence-electron chi connectivity index (χ4n) is 3.02. The maximum absolute atomic E-state index is 13.0. The lowest BCUT2D eigenvalue weighted by molar-refractivity contribution is 0.391. The van der Waals surface area contributed by atoms with Crippen molar-refractivity contribution in [2.45, 2.75) is 6.42 Å². The SMILES string of the molecule is COc1cccc(OC)c1-n1c(NSCCc2ncc(F)cn2)nnc1-c1cccnc1. The molecule has 3 aromatic heterocycles. The molecule has 0 aliphatic heterocycles. The van der Waals surface area contributed by atoms with Gasteiger partial charge in [-0.05, 0) is 36.2 Å². The van der Waals surface area contributed by atoms with Crippen LogP contribution in [0.2, 0.25) is 0 Å². The Kier molecular flexibility index (Phi) is 6.75. The van der Waals surface area contributed by atoms with Crippen LogP contribution in [0.25, 0.3) is 17.1 Å². The van der Waals surface area contributed by atoms with Gasteiger partial charge in [0.15, 0.2) is 11.6 Å². The highest BCUT2D eigenvalue weighted by atomic mass is 32.2. The Labute approximate surface area is 188 Å². The van der Waals surface area contributed by atoms with Crippen molar-refractivity contribution < 1.29 is 13.9 Å². The summed E-state index contributed by atoms with van der Waals surface area (Å²) >= 11 is 1.41. The van der Waals surface area contributed by atoms with Gasteiger partial charge in [0.2, 0.25) is 5.95 Å². The zero-order chi connectivity index (χ0) is 22.3. The number of halogens is 1. The van der Waals surface area contributed by atoms with Crippen LogP contribution in [0.4, 0.5) is 10.3 Å². The van der Waals surface area contributed by atoms with Gasteiger partial charge in [-0.15, -0.1) is 10.2 Å². The number of anilines is 1. The molecule has 1 N–H and O–H groups in total. The second kappa shape index (κ2) is 10.1. The Balaban J connectivity index is 1.65. The van der Waals surface area contributed by atoms with Crippen molar-refractivity contribution in [2.24, 2.45) is 0 Å². The van der Waals surface area contributed by atoms with Gasteiger partial charge in [0.25, 0.3) is 0 Å². The van der Waals surface area contributed by atoms with Crippen LogP contribution in [0.3, 0.4) is 0 Å². The molecular formula is C21H20FN7O2S. The largest absolute Gasteiger partial charge is 0.494 e. The number of ether oxygens (including phenoxy) is 2. The van der Waals surface area contributed by atoms with Gasteiger partial charge in [0.1, 0.15) is 23.0 Å². The Bertz CT molecular complexity index is 1150. The summed E-state index contributed by atoms with van der Waals surface area (Å²) in [4.78, 5) is 12.1. The minimum Gasteiger partial charge on any atom is -0.494 e. The fraction of sp³-hybridized carbons (Fsp3) is 0.190. The first-order valence-electron chi connectivity index (χ1n) is 9.62. The highest BCUT2D eigenvalue weighted by Gasteiger charge is 2.22. The number of nitrogens with one attached hydrogen (secondary N) is 1. The van der Waals surface area contributed by atoms with Gasteiger partial charge < -0.3 is 9.47 Å². The number of nitrogens with zero attached hydrogens (tertiary/aromatic N) is 6. The predicted octanol–water partition coefficient (Wildman–Crippen LogP) is 3.58. The van der Waals surface area contributed by atoms with Crippen molar-refractivity contribution in [3.8, 4) is 28.6 Å². The number of aryl methyl sites for hydroxylation is 1. The van der Waals surface area contributed by atoms with Gasteiger partial charge in [-0.2, -0.15) is 0 Å². The number of para-hydroxylation sites is 1. The molecule has 0 aliphatic rings. The molecular weight excluding hydrogens is 433 g/mol. The van der Waals surface area contributed by atoms with E-state index in [2.05, 4.69) is 29.9 Å². The Morgan fingerprint density at radius 3 is 2.41 bits per heavy atom. The first-order valence-corrected chi connectivity index (χ1v) is 10.6. The molecule has 32 heavy (non-hydrogen) atoms. The molecule has 0 saturated heterocycles. The van der Waals surface area contributed by atoms with Gasteiger partial charge in [-0.25, -0.2) is 14.4 Å². The lowest BCUT2D eigenvalue weighted by atomic mass is 10.2. The molecule has 164 valence electrons. The van der Waals surface area contributed by atoms with Gasteiger partial charge in [-0.3, -0.25) is 14.3 Å². The molecule has 9 nitrogen and oxygen atoms in total. The van der Waals surface area contributed by atoms with Crippen LogP contribution in [-0.2, 0) is 6.42 Å². The maximum atomic E-state index is 13.0. The summed E-state index contributed by atoms with van der Waals surface area (Å²) in [5.41, 5.74) is 1.44. The zero-order valence-corrected chi connectivity index (χ0v) is 18.2. The molecule has 0 radical (unpaired) electrons. The Morgan fingerprint density at radius 1 is 1.00 bits per heavy atom. The number of benzene rings is 1. The second-order valence-corrected chi connectivity index (χ2v) is 7.35. The first-order chi connectivity index (χ1) is 15.7.